The zero-order valence-corrected chi connectivity index (χ0v) is 29.9. The predicted molar refractivity (Wildman–Crippen MR) is 165 cm³/mol. The molecule has 0 radical (unpaired) electrons. The smallest absolute Gasteiger partial charge is 1.00 e. The van der Waals surface area contributed by atoms with E-state index in [9.17, 15) is 0 Å². The summed E-state index contributed by atoms with van der Waals surface area (Å²) < 4.78 is 1.96. The monoisotopic (exact) mass is 744 g/mol. The van der Waals surface area contributed by atoms with E-state index in [-0.39, 0.29) is 24.8 Å². The first kappa shape index (κ1) is 30.3. The van der Waals surface area contributed by atoms with Gasteiger partial charge in [0.25, 0.3) is 0 Å². The quantitative estimate of drug-likeness (QED) is 0.252. The van der Waals surface area contributed by atoms with Crippen LogP contribution >= 0.6 is 0 Å². The number of hydrogen-bond donors (Lipinski definition) is 0. The van der Waals surface area contributed by atoms with Crippen LogP contribution in [0.1, 0.15) is 71.1 Å². The first-order valence-electron chi connectivity index (χ1n) is 14.4. The second-order valence-corrected chi connectivity index (χ2v) is 32.5. The maximum atomic E-state index is 2.63. The molecule has 2 aliphatic carbocycles. The van der Waals surface area contributed by atoms with Crippen LogP contribution in [0.4, 0.5) is 0 Å². The third-order valence-electron chi connectivity index (χ3n) is 11.2. The minimum atomic E-state index is -3.33. The number of allylic oxidation sites excluding steroid dienone is 2. The molecule has 7 rings (SSSR count). The largest absolute Gasteiger partial charge is 1.00 e. The molecule has 41 heavy (non-hydrogen) atoms. The van der Waals surface area contributed by atoms with E-state index in [4.69, 9.17) is 0 Å². The van der Waals surface area contributed by atoms with Gasteiger partial charge >= 0.3 is 240 Å². The van der Waals surface area contributed by atoms with Gasteiger partial charge in [0.1, 0.15) is 0 Å². The topological polar surface area (TPSA) is 0 Å². The molecule has 2 atom stereocenters. The van der Waals surface area contributed by atoms with Crippen molar-refractivity contribution in [3.05, 3.63) is 130 Å². The fourth-order valence-electron chi connectivity index (χ4n) is 9.06. The summed E-state index contributed by atoms with van der Waals surface area (Å²) in [6, 6.07) is 36.2. The van der Waals surface area contributed by atoms with Crippen molar-refractivity contribution < 1.29 is 44.8 Å². The molecule has 2 unspecified atom stereocenters. The molecule has 3 heteroatoms. The van der Waals surface area contributed by atoms with Crippen molar-refractivity contribution in [2.45, 2.75) is 55.2 Å². The van der Waals surface area contributed by atoms with Gasteiger partial charge in [-0.15, -0.1) is 0 Å². The van der Waals surface area contributed by atoms with Crippen molar-refractivity contribution >= 4 is 12.2 Å². The maximum Gasteiger partial charge on any atom is -1.00 e. The number of hydrogen-bond acceptors (Lipinski definition) is 0. The summed E-state index contributed by atoms with van der Waals surface area (Å²) in [5.41, 5.74) is 14.8. The molecule has 1 heterocycles. The molecule has 3 aliphatic rings. The molecule has 1 saturated heterocycles. The van der Waals surface area contributed by atoms with Crippen molar-refractivity contribution in [1.82, 2.24) is 0 Å². The van der Waals surface area contributed by atoms with E-state index in [2.05, 4.69) is 151 Å². The number of halogens is 2. The third-order valence-corrected chi connectivity index (χ3v) is 41.7. The summed E-state index contributed by atoms with van der Waals surface area (Å²) in [4.78, 5) is 0. The zero-order valence-electron chi connectivity index (χ0n) is 24.8. The van der Waals surface area contributed by atoms with Crippen molar-refractivity contribution in [2.24, 2.45) is 0 Å². The van der Waals surface area contributed by atoms with Crippen LogP contribution in [0.25, 0.3) is 34.4 Å². The Hall–Kier alpha value is -2.19. The Bertz CT molecular complexity index is 1550. The van der Waals surface area contributed by atoms with E-state index in [0.717, 1.165) is 0 Å². The molecule has 0 bridgehead atoms. The molecule has 0 aromatic heterocycles. The van der Waals surface area contributed by atoms with Gasteiger partial charge in [0, 0.05) is 0 Å². The summed E-state index contributed by atoms with van der Waals surface area (Å²) in [7, 11) is 0. The fraction of sp³-hybridized carbons (Fsp3) is 0.263. The molecule has 0 saturated carbocycles. The van der Waals surface area contributed by atoms with E-state index in [0.29, 0.717) is 13.7 Å². The Balaban J connectivity index is 0.00000169. The van der Waals surface area contributed by atoms with Crippen molar-refractivity contribution in [2.75, 3.05) is 0 Å². The molecule has 1 fully saturated rings. The summed E-state index contributed by atoms with van der Waals surface area (Å²) >= 11 is -3.33. The Kier molecular flexibility index (Phi) is 7.76. The minimum Gasteiger partial charge on any atom is -1.00 e. The van der Waals surface area contributed by atoms with Crippen LogP contribution in [0.3, 0.4) is 0 Å². The minimum absolute atomic E-state index is 0. The summed E-state index contributed by atoms with van der Waals surface area (Å²) in [5.74, 6) is 0. The van der Waals surface area contributed by atoms with Gasteiger partial charge in [-0.2, -0.15) is 0 Å². The summed E-state index contributed by atoms with van der Waals surface area (Å²) in [6.07, 6.45) is 5.12. The van der Waals surface area contributed by atoms with Crippen molar-refractivity contribution in [3.8, 4) is 22.3 Å². The molecule has 4 aromatic rings. The van der Waals surface area contributed by atoms with Crippen molar-refractivity contribution in [3.63, 3.8) is 0 Å². The van der Waals surface area contributed by atoms with Gasteiger partial charge in [-0.05, 0) is 0 Å². The molecule has 0 spiro atoms. The first-order valence-corrected chi connectivity index (χ1v) is 22.2. The Labute approximate surface area is 263 Å². The average molecular weight is 744 g/mol. The Morgan fingerprint density at radius 2 is 0.854 bits per heavy atom. The van der Waals surface area contributed by atoms with Gasteiger partial charge in [0.2, 0.25) is 0 Å². The van der Waals surface area contributed by atoms with E-state index in [1.807, 2.05) is 0 Å². The van der Waals surface area contributed by atoms with Crippen LogP contribution in [0.2, 0.25) is 6.34 Å². The van der Waals surface area contributed by atoms with Crippen molar-refractivity contribution in [1.29, 1.82) is 0 Å². The molecular formula is C38H38Cl2Hf. The molecule has 1 aliphatic heterocycles. The molecule has 0 N–H and O–H groups in total. The summed E-state index contributed by atoms with van der Waals surface area (Å²) in [5, 5.41) is 0. The Morgan fingerprint density at radius 3 is 1.20 bits per heavy atom. The molecule has 0 nitrogen and oxygen atoms in total. The average Bonchev–Trinajstić information content (AvgIpc) is 3.27. The van der Waals surface area contributed by atoms with E-state index in [1.165, 1.54) is 33.4 Å². The fourth-order valence-corrected chi connectivity index (χ4v) is 46.0. The van der Waals surface area contributed by atoms with Gasteiger partial charge in [-0.3, -0.25) is 0 Å². The number of benzene rings is 4. The maximum absolute atomic E-state index is 3.33. The number of fused-ring (bicyclic) bond motifs is 2. The van der Waals surface area contributed by atoms with Gasteiger partial charge < -0.3 is 24.8 Å². The van der Waals surface area contributed by atoms with Gasteiger partial charge in [-0.1, -0.05) is 0 Å². The summed E-state index contributed by atoms with van der Waals surface area (Å²) in [6.45, 7) is 15.4. The van der Waals surface area contributed by atoms with Gasteiger partial charge in [-0.25, -0.2) is 0 Å². The van der Waals surface area contributed by atoms with E-state index >= 15 is 0 Å². The third kappa shape index (κ3) is 3.95. The molecule has 208 valence electrons. The molecular weight excluding hydrogens is 706 g/mol. The van der Waals surface area contributed by atoms with E-state index in [1.54, 1.807) is 22.3 Å². The van der Waals surface area contributed by atoms with Gasteiger partial charge in [0.15, 0.2) is 0 Å². The van der Waals surface area contributed by atoms with Crippen LogP contribution in [0.15, 0.2) is 108 Å². The van der Waals surface area contributed by atoms with Crippen LogP contribution in [-0.2, 0) is 20.0 Å². The van der Waals surface area contributed by atoms with Crippen LogP contribution in [-0.4, -0.2) is 0 Å². The normalized spacial score (nSPS) is 21.1. The van der Waals surface area contributed by atoms with Crippen LogP contribution in [0, 0.1) is 0 Å². The van der Waals surface area contributed by atoms with Crippen LogP contribution < -0.4 is 24.8 Å². The first-order chi connectivity index (χ1) is 18.7. The standard InChI is InChI=1S/2C16H13.C6H12.2ClH.Hf/c2*1-12-10-14-8-5-9-15(16(14)11-12)13-6-3-2-4-7-13;1-5(2)6(3)4;;;/h2*2-11H,1H3;1-4H3;2*1H;/q;;;;;+2/p-2. The van der Waals surface area contributed by atoms with Gasteiger partial charge in [0.05, 0.1) is 0 Å². The second-order valence-electron chi connectivity index (χ2n) is 13.1. The Morgan fingerprint density at radius 1 is 0.488 bits per heavy atom. The second kappa shape index (κ2) is 10.5. The van der Waals surface area contributed by atoms with Crippen LogP contribution in [0.5, 0.6) is 0 Å². The predicted octanol–water partition coefficient (Wildman–Crippen LogP) is 5.21. The molecule has 0 amide bonds. The number of rotatable bonds is 4. The molecule has 4 aromatic carbocycles. The zero-order chi connectivity index (χ0) is 27.2. The SMILES string of the molecule is CC1=Cc2c(-c3ccccc3)cccc2[CH]1[Hf+2]1([CH]2C(C)=Cc3c(-c4ccccc4)cccc32)[C](C)(C)[C]1(C)C.[Cl-].[Cl-]. The van der Waals surface area contributed by atoms with E-state index < -0.39 is 20.0 Å².